The van der Waals surface area contributed by atoms with Crippen LogP contribution in [0, 0.1) is 0 Å². The van der Waals surface area contributed by atoms with E-state index in [0.29, 0.717) is 0 Å². The lowest BCUT2D eigenvalue weighted by molar-refractivity contribution is -0.363. The fourth-order valence-electron chi connectivity index (χ4n) is 1.27. The average molecular weight is 193 g/mol. The minimum atomic E-state index is -0.529. The van der Waals surface area contributed by atoms with E-state index in [9.17, 15) is 5.11 Å². The summed E-state index contributed by atoms with van der Waals surface area (Å²) in [6, 6.07) is 9.73. The van der Waals surface area contributed by atoms with E-state index in [0.717, 1.165) is 5.56 Å². The average Bonchev–Trinajstić information content (AvgIpc) is 2.49. The summed E-state index contributed by atoms with van der Waals surface area (Å²) < 4.78 is 5.20. The van der Waals surface area contributed by atoms with Gasteiger partial charge in [-0.05, 0) is 17.9 Å². The third kappa shape index (κ3) is 1.52. The topological polar surface area (TPSA) is 32.3 Å². The van der Waals surface area contributed by atoms with E-state index in [2.05, 4.69) is 0 Å². The second-order valence-electron chi connectivity index (χ2n) is 2.97. The van der Waals surface area contributed by atoms with Crippen LogP contribution in [0.15, 0.2) is 41.7 Å². The molecule has 0 aromatic heterocycles. The second kappa shape index (κ2) is 3.00. The van der Waals surface area contributed by atoms with Crippen LogP contribution >= 0.6 is 11.8 Å². The van der Waals surface area contributed by atoms with Crippen LogP contribution in [0.3, 0.4) is 0 Å². The van der Waals surface area contributed by atoms with E-state index in [1.807, 2.05) is 37.3 Å². The molecule has 0 saturated carbocycles. The maximum absolute atomic E-state index is 10.9. The summed E-state index contributed by atoms with van der Waals surface area (Å²) in [5, 5.41) is 12.4. The molecule has 0 spiro atoms. The zero-order valence-electron chi connectivity index (χ0n) is 7.19. The highest BCUT2D eigenvalue weighted by Gasteiger charge is 2.26. The highest BCUT2D eigenvalue weighted by atomic mass is 32.2. The molecule has 1 aliphatic heterocycles. The van der Waals surface area contributed by atoms with E-state index in [1.54, 1.807) is 0 Å². The first kappa shape index (κ1) is 8.51. The predicted octanol–water partition coefficient (Wildman–Crippen LogP) is 1.78. The Balaban J connectivity index is 2.28. The standard InChI is InChI=1S/C10H10O2S/c1-10(12-9(11)7-13-10)8-5-3-2-4-6-8/h2-7,11H,1H3/p-1. The van der Waals surface area contributed by atoms with Crippen molar-refractivity contribution in [1.29, 1.82) is 0 Å². The van der Waals surface area contributed by atoms with E-state index in [-0.39, 0.29) is 5.95 Å². The molecule has 0 N–H and O–H groups in total. The van der Waals surface area contributed by atoms with Crippen molar-refractivity contribution in [3.63, 3.8) is 0 Å². The summed E-state index contributed by atoms with van der Waals surface area (Å²) in [5.74, 6) is -0.253. The molecule has 0 amide bonds. The van der Waals surface area contributed by atoms with Gasteiger partial charge in [-0.2, -0.15) is 0 Å². The van der Waals surface area contributed by atoms with Crippen molar-refractivity contribution in [1.82, 2.24) is 0 Å². The fourth-order valence-corrected chi connectivity index (χ4v) is 2.04. The SMILES string of the molecule is CC1(c2ccccc2)OC([O-])=CS1. The molecule has 0 saturated heterocycles. The van der Waals surface area contributed by atoms with Crippen LogP contribution in [0.1, 0.15) is 12.5 Å². The Morgan fingerprint density at radius 3 is 2.54 bits per heavy atom. The van der Waals surface area contributed by atoms with E-state index >= 15 is 0 Å². The monoisotopic (exact) mass is 193 g/mol. The van der Waals surface area contributed by atoms with Crippen LogP contribution in [0.25, 0.3) is 0 Å². The molecule has 1 unspecified atom stereocenters. The van der Waals surface area contributed by atoms with Crippen LogP contribution < -0.4 is 5.11 Å². The lowest BCUT2D eigenvalue weighted by atomic mass is 10.1. The Morgan fingerprint density at radius 1 is 1.31 bits per heavy atom. The number of ether oxygens (including phenoxy) is 1. The van der Waals surface area contributed by atoms with Gasteiger partial charge >= 0.3 is 0 Å². The minimum absolute atomic E-state index is 0.253. The van der Waals surface area contributed by atoms with Gasteiger partial charge in [0.05, 0.1) is 10.9 Å². The Bertz CT molecular complexity index is 334. The molecule has 1 aromatic carbocycles. The molecule has 13 heavy (non-hydrogen) atoms. The summed E-state index contributed by atoms with van der Waals surface area (Å²) in [6.45, 7) is 1.90. The van der Waals surface area contributed by atoms with Gasteiger partial charge in [0.1, 0.15) is 0 Å². The van der Waals surface area contributed by atoms with Gasteiger partial charge in [-0.25, -0.2) is 0 Å². The maximum atomic E-state index is 10.9. The lowest BCUT2D eigenvalue weighted by Gasteiger charge is -2.31. The molecule has 0 bridgehead atoms. The summed E-state index contributed by atoms with van der Waals surface area (Å²) in [4.78, 5) is -0.529. The first-order valence-corrected chi connectivity index (χ1v) is 4.88. The summed E-state index contributed by atoms with van der Waals surface area (Å²) in [7, 11) is 0. The highest BCUT2D eigenvalue weighted by Crippen LogP contribution is 2.43. The summed E-state index contributed by atoms with van der Waals surface area (Å²) >= 11 is 1.41. The largest absolute Gasteiger partial charge is 0.592 e. The molecule has 3 heteroatoms. The minimum Gasteiger partial charge on any atom is -0.592 e. The molecule has 0 aliphatic carbocycles. The Labute approximate surface area is 81.2 Å². The Hall–Kier alpha value is -1.09. The normalized spacial score (nSPS) is 26.7. The zero-order chi connectivity index (χ0) is 9.31. The molecule has 0 fully saturated rings. The van der Waals surface area contributed by atoms with Crippen molar-refractivity contribution >= 4 is 11.8 Å². The molecule has 0 radical (unpaired) electrons. The molecular formula is C10H9O2S-. The van der Waals surface area contributed by atoms with Crippen molar-refractivity contribution in [2.75, 3.05) is 0 Å². The van der Waals surface area contributed by atoms with Crippen molar-refractivity contribution in [3.8, 4) is 0 Å². The Kier molecular flexibility index (Phi) is 1.96. The van der Waals surface area contributed by atoms with Crippen molar-refractivity contribution < 1.29 is 9.84 Å². The zero-order valence-corrected chi connectivity index (χ0v) is 8.01. The predicted molar refractivity (Wildman–Crippen MR) is 50.6 cm³/mol. The third-order valence-electron chi connectivity index (χ3n) is 1.97. The van der Waals surface area contributed by atoms with Gasteiger partial charge in [0.25, 0.3) is 0 Å². The van der Waals surface area contributed by atoms with Gasteiger partial charge in [-0.15, -0.1) is 11.8 Å². The fraction of sp³-hybridized carbons (Fsp3) is 0.200. The Morgan fingerprint density at radius 2 is 2.00 bits per heavy atom. The van der Waals surface area contributed by atoms with Crippen LogP contribution in [-0.2, 0) is 9.67 Å². The lowest BCUT2D eigenvalue weighted by Crippen LogP contribution is -2.20. The number of rotatable bonds is 1. The molecule has 2 nitrogen and oxygen atoms in total. The molecule has 1 aromatic rings. The molecule has 1 heterocycles. The van der Waals surface area contributed by atoms with Gasteiger partial charge in [-0.1, -0.05) is 30.3 Å². The highest BCUT2D eigenvalue weighted by molar-refractivity contribution is 8.03. The van der Waals surface area contributed by atoms with Crippen LogP contribution in [-0.4, -0.2) is 0 Å². The molecule has 68 valence electrons. The quantitative estimate of drug-likeness (QED) is 0.681. The number of hydrogen-bond donors (Lipinski definition) is 0. The molecule has 1 atom stereocenters. The van der Waals surface area contributed by atoms with E-state index in [1.165, 1.54) is 17.2 Å². The van der Waals surface area contributed by atoms with E-state index < -0.39 is 4.93 Å². The maximum Gasteiger partial charge on any atom is 0.0894 e. The first-order valence-electron chi connectivity index (χ1n) is 4.00. The van der Waals surface area contributed by atoms with Crippen LogP contribution in [0.4, 0.5) is 0 Å². The van der Waals surface area contributed by atoms with Crippen LogP contribution in [0.2, 0.25) is 0 Å². The van der Waals surface area contributed by atoms with Crippen molar-refractivity contribution in [2.24, 2.45) is 0 Å². The van der Waals surface area contributed by atoms with E-state index in [4.69, 9.17) is 4.74 Å². The number of hydrogen-bond acceptors (Lipinski definition) is 3. The smallest absolute Gasteiger partial charge is 0.0894 e. The summed E-state index contributed by atoms with van der Waals surface area (Å²) in [6.07, 6.45) is 0. The molecular weight excluding hydrogens is 184 g/mol. The van der Waals surface area contributed by atoms with Crippen molar-refractivity contribution in [2.45, 2.75) is 11.9 Å². The van der Waals surface area contributed by atoms with Gasteiger partial charge < -0.3 is 9.84 Å². The molecule has 1 aliphatic rings. The van der Waals surface area contributed by atoms with Gasteiger partial charge in [0.2, 0.25) is 0 Å². The van der Waals surface area contributed by atoms with Crippen LogP contribution in [0.5, 0.6) is 0 Å². The number of benzene rings is 1. The molecule has 2 rings (SSSR count). The van der Waals surface area contributed by atoms with Gasteiger partial charge in [0, 0.05) is 0 Å². The second-order valence-corrected chi connectivity index (χ2v) is 4.22. The van der Waals surface area contributed by atoms with Crippen molar-refractivity contribution in [3.05, 3.63) is 47.2 Å². The van der Waals surface area contributed by atoms with Gasteiger partial charge in [0.15, 0.2) is 0 Å². The first-order chi connectivity index (χ1) is 6.21. The number of thioether (sulfide) groups is 1. The van der Waals surface area contributed by atoms with Gasteiger partial charge in [-0.3, -0.25) is 0 Å². The third-order valence-corrected chi connectivity index (χ3v) is 3.05. The summed E-state index contributed by atoms with van der Waals surface area (Å²) in [5.41, 5.74) is 1.02.